The summed E-state index contributed by atoms with van der Waals surface area (Å²) >= 11 is 7.32. The summed E-state index contributed by atoms with van der Waals surface area (Å²) in [4.78, 5) is 16.0. The van der Waals surface area contributed by atoms with Crippen molar-refractivity contribution < 1.29 is 9.53 Å². The number of ether oxygens (including phenoxy) is 1. The smallest absolute Gasteiger partial charge is 0.407 e. The number of carbonyl (C=O) groups excluding carboxylic acids is 1. The van der Waals surface area contributed by atoms with Crippen molar-refractivity contribution in [1.29, 1.82) is 0 Å². The molecule has 2 N–H and O–H groups in total. The Morgan fingerprint density at radius 2 is 2.04 bits per heavy atom. The van der Waals surface area contributed by atoms with Crippen LogP contribution in [0.25, 0.3) is 0 Å². The Morgan fingerprint density at radius 3 is 2.70 bits per heavy atom. The van der Waals surface area contributed by atoms with E-state index in [0.29, 0.717) is 17.4 Å². The lowest BCUT2D eigenvalue weighted by atomic mass is 10.1. The van der Waals surface area contributed by atoms with Gasteiger partial charge in [0.15, 0.2) is 0 Å². The Labute approximate surface area is 145 Å². The maximum Gasteiger partial charge on any atom is 0.407 e. The first-order valence-corrected chi connectivity index (χ1v) is 8.42. The maximum atomic E-state index is 11.7. The number of aromatic nitrogens is 1. The highest BCUT2D eigenvalue weighted by molar-refractivity contribution is 7.15. The molecule has 2 rings (SSSR count). The van der Waals surface area contributed by atoms with Gasteiger partial charge in [0.1, 0.15) is 14.9 Å². The number of hydrogen-bond donors (Lipinski definition) is 2. The molecule has 1 aromatic heterocycles. The van der Waals surface area contributed by atoms with E-state index in [0.717, 1.165) is 16.3 Å². The van der Waals surface area contributed by atoms with E-state index in [-0.39, 0.29) is 0 Å². The summed E-state index contributed by atoms with van der Waals surface area (Å²) in [7, 11) is 0. The van der Waals surface area contributed by atoms with E-state index in [4.69, 9.17) is 16.3 Å². The van der Waals surface area contributed by atoms with Crippen LogP contribution in [0.3, 0.4) is 0 Å². The number of carbonyl (C=O) groups is 1. The van der Waals surface area contributed by atoms with Crippen LogP contribution in [-0.4, -0.2) is 16.7 Å². The van der Waals surface area contributed by atoms with E-state index >= 15 is 0 Å². The number of nitrogens with zero attached hydrogens (tertiary/aromatic N) is 1. The van der Waals surface area contributed by atoms with Crippen molar-refractivity contribution in [3.05, 3.63) is 45.4 Å². The van der Waals surface area contributed by atoms with Crippen molar-refractivity contribution in [2.24, 2.45) is 0 Å². The molecule has 0 spiro atoms. The molecular weight excluding hydrogens is 334 g/mol. The fourth-order valence-corrected chi connectivity index (χ4v) is 2.77. The van der Waals surface area contributed by atoms with Gasteiger partial charge >= 0.3 is 6.09 Å². The van der Waals surface area contributed by atoms with Gasteiger partial charge in [-0.05, 0) is 32.4 Å². The number of anilines is 1. The van der Waals surface area contributed by atoms with Crippen LogP contribution in [-0.2, 0) is 17.8 Å². The molecule has 0 aliphatic heterocycles. The second kappa shape index (κ2) is 7.66. The van der Waals surface area contributed by atoms with Crippen molar-refractivity contribution >= 4 is 34.7 Å². The SMILES string of the molecule is CC(C)(C)OC(=O)NCc1ccccc1NCc1ncc(Cl)s1. The molecule has 0 fully saturated rings. The lowest BCUT2D eigenvalue weighted by Crippen LogP contribution is -2.32. The molecule has 1 aromatic carbocycles. The molecule has 5 nitrogen and oxygen atoms in total. The monoisotopic (exact) mass is 353 g/mol. The molecule has 0 saturated heterocycles. The van der Waals surface area contributed by atoms with E-state index in [1.807, 2.05) is 45.0 Å². The second-order valence-corrected chi connectivity index (χ2v) is 7.67. The van der Waals surface area contributed by atoms with E-state index in [9.17, 15) is 4.79 Å². The number of para-hydroxylation sites is 1. The molecular formula is C16H20ClN3O2S. The van der Waals surface area contributed by atoms with Crippen LogP contribution in [0, 0.1) is 0 Å². The third-order valence-electron chi connectivity index (χ3n) is 2.79. The molecule has 7 heteroatoms. The van der Waals surface area contributed by atoms with Crippen LogP contribution in [0.15, 0.2) is 30.5 Å². The molecule has 0 aliphatic carbocycles. The standard InChI is InChI=1S/C16H20ClN3O2S/c1-16(2,3)22-15(21)20-8-11-6-4-5-7-12(11)18-10-14-19-9-13(17)23-14/h4-7,9,18H,8,10H2,1-3H3,(H,20,21). The molecule has 0 radical (unpaired) electrons. The zero-order valence-corrected chi connectivity index (χ0v) is 14.9. The average molecular weight is 354 g/mol. The van der Waals surface area contributed by atoms with E-state index in [2.05, 4.69) is 15.6 Å². The van der Waals surface area contributed by atoms with Crippen LogP contribution in [0.5, 0.6) is 0 Å². The molecule has 0 saturated carbocycles. The van der Waals surface area contributed by atoms with Crippen molar-refractivity contribution in [3.8, 4) is 0 Å². The van der Waals surface area contributed by atoms with Gasteiger partial charge in [-0.2, -0.15) is 0 Å². The van der Waals surface area contributed by atoms with Crippen molar-refractivity contribution in [1.82, 2.24) is 10.3 Å². The van der Waals surface area contributed by atoms with Crippen molar-refractivity contribution in [2.45, 2.75) is 39.5 Å². The molecule has 0 bridgehead atoms. The number of alkyl carbamates (subject to hydrolysis) is 1. The van der Waals surface area contributed by atoms with E-state index in [1.165, 1.54) is 11.3 Å². The maximum absolute atomic E-state index is 11.7. The number of halogens is 1. The Balaban J connectivity index is 1.93. The normalized spacial score (nSPS) is 11.1. The quantitative estimate of drug-likeness (QED) is 0.834. The van der Waals surface area contributed by atoms with Crippen LogP contribution in [0.1, 0.15) is 31.3 Å². The molecule has 2 aromatic rings. The molecule has 0 atom stereocenters. The van der Waals surface area contributed by atoms with Crippen molar-refractivity contribution in [3.63, 3.8) is 0 Å². The molecule has 23 heavy (non-hydrogen) atoms. The number of hydrogen-bond acceptors (Lipinski definition) is 5. The number of nitrogens with one attached hydrogen (secondary N) is 2. The van der Waals surface area contributed by atoms with Crippen LogP contribution < -0.4 is 10.6 Å². The molecule has 1 amide bonds. The van der Waals surface area contributed by atoms with Gasteiger partial charge < -0.3 is 15.4 Å². The minimum Gasteiger partial charge on any atom is -0.444 e. The Morgan fingerprint density at radius 1 is 1.30 bits per heavy atom. The third-order valence-corrected chi connectivity index (χ3v) is 3.91. The summed E-state index contributed by atoms with van der Waals surface area (Å²) in [5, 5.41) is 6.98. The lowest BCUT2D eigenvalue weighted by molar-refractivity contribution is 0.0523. The summed E-state index contributed by atoms with van der Waals surface area (Å²) in [5.74, 6) is 0. The number of amides is 1. The van der Waals surface area contributed by atoms with Gasteiger partial charge in [0.05, 0.1) is 12.7 Å². The minimum atomic E-state index is -0.508. The number of benzene rings is 1. The van der Waals surface area contributed by atoms with Crippen molar-refractivity contribution in [2.75, 3.05) is 5.32 Å². The first-order chi connectivity index (χ1) is 10.8. The van der Waals surface area contributed by atoms with E-state index < -0.39 is 11.7 Å². The van der Waals surface area contributed by atoms with Gasteiger partial charge in [-0.15, -0.1) is 11.3 Å². The fraction of sp³-hybridized carbons (Fsp3) is 0.375. The van der Waals surface area contributed by atoms with Crippen LogP contribution >= 0.6 is 22.9 Å². The topological polar surface area (TPSA) is 63.2 Å². The van der Waals surface area contributed by atoms with Gasteiger partial charge in [-0.3, -0.25) is 0 Å². The predicted molar refractivity (Wildman–Crippen MR) is 94.0 cm³/mol. The summed E-state index contributed by atoms with van der Waals surface area (Å²) < 4.78 is 5.91. The predicted octanol–water partition coefficient (Wildman–Crippen LogP) is 4.43. The van der Waals surface area contributed by atoms with Gasteiger partial charge in [0.25, 0.3) is 0 Å². The molecule has 1 heterocycles. The summed E-state index contributed by atoms with van der Waals surface area (Å²) in [6, 6.07) is 7.78. The summed E-state index contributed by atoms with van der Waals surface area (Å²) in [6.45, 7) is 6.47. The minimum absolute atomic E-state index is 0.386. The molecule has 124 valence electrons. The third kappa shape index (κ3) is 6.08. The highest BCUT2D eigenvalue weighted by Crippen LogP contribution is 2.21. The molecule has 0 aliphatic rings. The second-order valence-electron chi connectivity index (χ2n) is 5.92. The lowest BCUT2D eigenvalue weighted by Gasteiger charge is -2.20. The Kier molecular flexibility index (Phi) is 5.85. The summed E-state index contributed by atoms with van der Waals surface area (Å²) in [5.41, 5.74) is 1.40. The Hall–Kier alpha value is -1.79. The molecule has 0 unspecified atom stereocenters. The average Bonchev–Trinajstić information content (AvgIpc) is 2.87. The van der Waals surface area contributed by atoms with Gasteiger partial charge in [0, 0.05) is 12.2 Å². The largest absolute Gasteiger partial charge is 0.444 e. The van der Waals surface area contributed by atoms with Gasteiger partial charge in [-0.1, -0.05) is 29.8 Å². The van der Waals surface area contributed by atoms with Crippen LogP contribution in [0.2, 0.25) is 4.34 Å². The first kappa shape index (κ1) is 17.6. The number of thiazole rings is 1. The fourth-order valence-electron chi connectivity index (χ4n) is 1.87. The Bertz CT molecular complexity index is 667. The zero-order valence-electron chi connectivity index (χ0n) is 13.4. The highest BCUT2D eigenvalue weighted by atomic mass is 35.5. The van der Waals surface area contributed by atoms with Gasteiger partial charge in [-0.25, -0.2) is 9.78 Å². The highest BCUT2D eigenvalue weighted by Gasteiger charge is 2.16. The first-order valence-electron chi connectivity index (χ1n) is 7.22. The summed E-state index contributed by atoms with van der Waals surface area (Å²) in [6.07, 6.45) is 1.21. The van der Waals surface area contributed by atoms with Gasteiger partial charge in [0.2, 0.25) is 0 Å². The number of rotatable bonds is 5. The zero-order chi connectivity index (χ0) is 16.9. The van der Waals surface area contributed by atoms with E-state index in [1.54, 1.807) is 6.20 Å². The van der Waals surface area contributed by atoms with Crippen LogP contribution in [0.4, 0.5) is 10.5 Å².